The predicted molar refractivity (Wildman–Crippen MR) is 44.3 cm³/mol. The molecular weight excluding hydrogens is 180 g/mol. The number of H-pyrrole nitrogens is 1. The van der Waals surface area contributed by atoms with Gasteiger partial charge < -0.3 is 16.5 Å². The van der Waals surface area contributed by atoms with Crippen molar-refractivity contribution >= 4 is 5.69 Å². The molecule has 0 bridgehead atoms. The molecule has 0 amide bonds. The Bertz CT molecular complexity index is 361. The topological polar surface area (TPSA) is 84.9 Å². The van der Waals surface area contributed by atoms with E-state index in [4.69, 9.17) is 11.5 Å². The summed E-state index contributed by atoms with van der Waals surface area (Å²) in [7, 11) is 0. The fourth-order valence-electron chi connectivity index (χ4n) is 0.927. The Kier molecular flexibility index (Phi) is 2.62. The number of hydrogen-bond donors (Lipinski definition) is 3. The summed E-state index contributed by atoms with van der Waals surface area (Å²) in [6, 6.07) is 1.11. The third kappa shape index (κ3) is 1.83. The minimum Gasteiger partial charge on any atom is -0.394 e. The second-order valence-electron chi connectivity index (χ2n) is 2.49. The molecular formula is C7H9F2N3O. The largest absolute Gasteiger partial charge is 0.394 e. The molecule has 1 rings (SSSR count). The molecule has 1 aromatic rings. The molecule has 0 atom stereocenters. The maximum absolute atomic E-state index is 12.2. The van der Waals surface area contributed by atoms with Gasteiger partial charge in [0.2, 0.25) is 5.43 Å². The first-order valence-electron chi connectivity index (χ1n) is 3.56. The third-order valence-corrected chi connectivity index (χ3v) is 1.59. The van der Waals surface area contributed by atoms with E-state index in [9.17, 15) is 13.6 Å². The average molecular weight is 189 g/mol. The summed E-state index contributed by atoms with van der Waals surface area (Å²) < 4.78 is 24.5. The molecule has 0 saturated carbocycles. The number of rotatable bonds is 2. The number of halogens is 2. The summed E-state index contributed by atoms with van der Waals surface area (Å²) in [5.41, 5.74) is 8.93. The van der Waals surface area contributed by atoms with Crippen LogP contribution in [-0.2, 0) is 6.54 Å². The number of hydrogen-bond acceptors (Lipinski definition) is 3. The molecule has 4 nitrogen and oxygen atoms in total. The van der Waals surface area contributed by atoms with E-state index in [0.717, 1.165) is 6.07 Å². The van der Waals surface area contributed by atoms with Gasteiger partial charge in [-0.2, -0.15) is 0 Å². The van der Waals surface area contributed by atoms with Gasteiger partial charge in [-0.25, -0.2) is 8.78 Å². The first-order valence-corrected chi connectivity index (χ1v) is 3.56. The Morgan fingerprint density at radius 3 is 2.62 bits per heavy atom. The molecule has 72 valence electrons. The molecule has 5 N–H and O–H groups in total. The molecule has 0 radical (unpaired) electrons. The van der Waals surface area contributed by atoms with Gasteiger partial charge in [0.25, 0.3) is 6.43 Å². The molecule has 0 aromatic carbocycles. The van der Waals surface area contributed by atoms with Crippen LogP contribution >= 0.6 is 0 Å². The van der Waals surface area contributed by atoms with Crippen LogP contribution in [0.3, 0.4) is 0 Å². The van der Waals surface area contributed by atoms with E-state index < -0.39 is 23.2 Å². The van der Waals surface area contributed by atoms with Crippen molar-refractivity contribution in [3.63, 3.8) is 0 Å². The number of alkyl halides is 2. The van der Waals surface area contributed by atoms with Gasteiger partial charge in [-0.1, -0.05) is 0 Å². The SMILES string of the molecule is NCc1cc(=O)c(N)c(C(F)F)[nH]1. The summed E-state index contributed by atoms with van der Waals surface area (Å²) in [6.07, 6.45) is -2.79. The van der Waals surface area contributed by atoms with Gasteiger partial charge in [-0.15, -0.1) is 0 Å². The summed E-state index contributed by atoms with van der Waals surface area (Å²) in [5, 5.41) is 0. The zero-order chi connectivity index (χ0) is 10.0. The number of pyridine rings is 1. The van der Waals surface area contributed by atoms with Gasteiger partial charge in [0, 0.05) is 18.3 Å². The van der Waals surface area contributed by atoms with Crippen LogP contribution in [0.15, 0.2) is 10.9 Å². The van der Waals surface area contributed by atoms with E-state index in [1.807, 2.05) is 0 Å². The van der Waals surface area contributed by atoms with Crippen molar-refractivity contribution in [2.75, 3.05) is 5.73 Å². The van der Waals surface area contributed by atoms with Crippen molar-refractivity contribution in [2.45, 2.75) is 13.0 Å². The van der Waals surface area contributed by atoms with Crippen LogP contribution in [0.1, 0.15) is 17.8 Å². The van der Waals surface area contributed by atoms with Gasteiger partial charge in [-0.05, 0) is 0 Å². The highest BCUT2D eigenvalue weighted by Crippen LogP contribution is 2.19. The Morgan fingerprint density at radius 1 is 1.54 bits per heavy atom. The Hall–Kier alpha value is -1.43. The van der Waals surface area contributed by atoms with Gasteiger partial charge in [0.05, 0.1) is 0 Å². The van der Waals surface area contributed by atoms with Crippen molar-refractivity contribution in [1.29, 1.82) is 0 Å². The highest BCUT2D eigenvalue weighted by molar-refractivity contribution is 5.43. The highest BCUT2D eigenvalue weighted by Gasteiger charge is 2.14. The molecule has 0 saturated heterocycles. The predicted octanol–water partition coefficient (Wildman–Crippen LogP) is 0.353. The summed E-state index contributed by atoms with van der Waals surface area (Å²) in [6.45, 7) is -0.00472. The maximum Gasteiger partial charge on any atom is 0.280 e. The van der Waals surface area contributed by atoms with Crippen molar-refractivity contribution in [3.05, 3.63) is 27.7 Å². The van der Waals surface area contributed by atoms with E-state index >= 15 is 0 Å². The minimum absolute atomic E-state index is 0.00472. The number of aromatic nitrogens is 1. The Morgan fingerprint density at radius 2 is 2.15 bits per heavy atom. The smallest absolute Gasteiger partial charge is 0.280 e. The first-order chi connectivity index (χ1) is 6.06. The normalized spacial score (nSPS) is 10.8. The molecule has 0 fully saturated rings. The lowest BCUT2D eigenvalue weighted by Gasteiger charge is -2.06. The molecule has 0 aliphatic rings. The maximum atomic E-state index is 12.2. The zero-order valence-corrected chi connectivity index (χ0v) is 6.68. The summed E-state index contributed by atoms with van der Waals surface area (Å²) >= 11 is 0. The van der Waals surface area contributed by atoms with Gasteiger partial charge in [0.15, 0.2) is 0 Å². The van der Waals surface area contributed by atoms with E-state index in [1.54, 1.807) is 0 Å². The molecule has 1 heterocycles. The zero-order valence-electron chi connectivity index (χ0n) is 6.68. The molecule has 6 heteroatoms. The highest BCUT2D eigenvalue weighted by atomic mass is 19.3. The fraction of sp³-hybridized carbons (Fsp3) is 0.286. The van der Waals surface area contributed by atoms with E-state index in [0.29, 0.717) is 0 Å². The first kappa shape index (κ1) is 9.66. The van der Waals surface area contributed by atoms with Crippen LogP contribution in [0.2, 0.25) is 0 Å². The van der Waals surface area contributed by atoms with Crippen molar-refractivity contribution in [3.8, 4) is 0 Å². The van der Waals surface area contributed by atoms with E-state index in [1.165, 1.54) is 0 Å². The summed E-state index contributed by atoms with van der Waals surface area (Å²) in [5.74, 6) is 0. The van der Waals surface area contributed by atoms with Crippen LogP contribution in [0.4, 0.5) is 14.5 Å². The monoisotopic (exact) mass is 189 g/mol. The van der Waals surface area contributed by atoms with Gasteiger partial charge >= 0.3 is 0 Å². The number of nitrogens with two attached hydrogens (primary N) is 2. The molecule has 13 heavy (non-hydrogen) atoms. The summed E-state index contributed by atoms with van der Waals surface area (Å²) in [4.78, 5) is 13.3. The van der Waals surface area contributed by atoms with Crippen LogP contribution < -0.4 is 16.9 Å². The van der Waals surface area contributed by atoms with E-state index in [2.05, 4.69) is 4.98 Å². The van der Waals surface area contributed by atoms with Crippen molar-refractivity contribution in [1.82, 2.24) is 4.98 Å². The van der Waals surface area contributed by atoms with Crippen LogP contribution in [-0.4, -0.2) is 4.98 Å². The lowest BCUT2D eigenvalue weighted by atomic mass is 10.2. The standard InChI is InChI=1S/C7H9F2N3O/c8-7(9)6-5(11)4(13)1-3(2-10)12-6/h1,7H,2,10-11H2,(H,12,13). The number of aromatic amines is 1. The fourth-order valence-corrected chi connectivity index (χ4v) is 0.927. The lowest BCUT2D eigenvalue weighted by Crippen LogP contribution is -2.16. The molecule has 0 aliphatic carbocycles. The lowest BCUT2D eigenvalue weighted by molar-refractivity contribution is 0.146. The molecule has 1 aromatic heterocycles. The Labute approximate surface area is 72.6 Å². The van der Waals surface area contributed by atoms with Crippen LogP contribution in [0, 0.1) is 0 Å². The number of anilines is 1. The van der Waals surface area contributed by atoms with Gasteiger partial charge in [-0.3, -0.25) is 4.79 Å². The van der Waals surface area contributed by atoms with Crippen LogP contribution in [0.5, 0.6) is 0 Å². The third-order valence-electron chi connectivity index (χ3n) is 1.59. The minimum atomic E-state index is -2.79. The number of nitrogen functional groups attached to an aromatic ring is 1. The molecule has 0 spiro atoms. The van der Waals surface area contributed by atoms with Crippen molar-refractivity contribution < 1.29 is 8.78 Å². The van der Waals surface area contributed by atoms with E-state index in [-0.39, 0.29) is 12.2 Å². The average Bonchev–Trinajstić information content (AvgIpc) is 2.09. The van der Waals surface area contributed by atoms with Crippen LogP contribution in [0.25, 0.3) is 0 Å². The second kappa shape index (κ2) is 3.53. The second-order valence-corrected chi connectivity index (χ2v) is 2.49. The Balaban J connectivity index is 3.33. The molecule has 0 unspecified atom stereocenters. The number of nitrogens with one attached hydrogen (secondary N) is 1. The van der Waals surface area contributed by atoms with Gasteiger partial charge in [0.1, 0.15) is 11.4 Å². The van der Waals surface area contributed by atoms with Crippen molar-refractivity contribution in [2.24, 2.45) is 5.73 Å². The molecule has 0 aliphatic heterocycles. The quantitative estimate of drug-likeness (QED) is 0.627.